The smallest absolute Gasteiger partial charge is 0.173 e. The molecular weight excluding hydrogens is 324 g/mol. The average molecular weight is 353 g/mol. The van der Waals surface area contributed by atoms with Gasteiger partial charge >= 0.3 is 0 Å². The summed E-state index contributed by atoms with van der Waals surface area (Å²) in [4.78, 5) is 2.33. The molecule has 2 nitrogen and oxygen atoms in total. The predicted molar refractivity (Wildman–Crippen MR) is 111 cm³/mol. The van der Waals surface area contributed by atoms with Crippen LogP contribution in [-0.2, 0) is 6.42 Å². The second-order valence-electron chi connectivity index (χ2n) is 7.32. The molecule has 1 aliphatic rings. The minimum atomic E-state index is 0.768. The molecule has 0 radical (unpaired) electrons. The number of thiocarbonyl (C=S) groups is 1. The maximum atomic E-state index is 5.69. The Hall–Kier alpha value is -1.87. The lowest BCUT2D eigenvalue weighted by molar-refractivity contribution is 0.268. The monoisotopic (exact) mass is 352 g/mol. The van der Waals surface area contributed by atoms with Gasteiger partial charge in [0.05, 0.1) is 0 Å². The van der Waals surface area contributed by atoms with E-state index >= 15 is 0 Å². The number of hydrogen-bond donors (Lipinski definition) is 1. The van der Waals surface area contributed by atoms with Crippen LogP contribution in [0, 0.1) is 26.7 Å². The maximum absolute atomic E-state index is 5.69. The number of aryl methyl sites for hydroxylation is 3. The van der Waals surface area contributed by atoms with E-state index in [2.05, 4.69) is 73.5 Å². The highest BCUT2D eigenvalue weighted by Crippen LogP contribution is 2.25. The quantitative estimate of drug-likeness (QED) is 0.758. The fourth-order valence-electron chi connectivity index (χ4n) is 3.85. The number of benzene rings is 2. The van der Waals surface area contributed by atoms with Crippen LogP contribution >= 0.6 is 12.2 Å². The first-order chi connectivity index (χ1) is 12.0. The molecule has 1 saturated heterocycles. The lowest BCUT2D eigenvalue weighted by Gasteiger charge is -2.34. The first kappa shape index (κ1) is 17.9. The van der Waals surface area contributed by atoms with E-state index in [1.807, 2.05) is 0 Å². The zero-order chi connectivity index (χ0) is 17.8. The van der Waals surface area contributed by atoms with E-state index < -0.39 is 0 Å². The van der Waals surface area contributed by atoms with Crippen LogP contribution in [0.1, 0.15) is 35.1 Å². The fraction of sp³-hybridized carbons (Fsp3) is 0.409. The number of piperidine rings is 1. The molecule has 1 heterocycles. The molecule has 0 aliphatic carbocycles. The van der Waals surface area contributed by atoms with Crippen LogP contribution in [0.4, 0.5) is 5.69 Å². The van der Waals surface area contributed by atoms with Gasteiger partial charge in [0.15, 0.2) is 5.11 Å². The van der Waals surface area contributed by atoms with Crippen molar-refractivity contribution in [2.45, 2.75) is 40.0 Å². The first-order valence-corrected chi connectivity index (χ1v) is 9.61. The molecule has 2 aromatic rings. The van der Waals surface area contributed by atoms with Gasteiger partial charge in [-0.15, -0.1) is 0 Å². The first-order valence-electron chi connectivity index (χ1n) is 9.20. The second kappa shape index (κ2) is 8.01. The van der Waals surface area contributed by atoms with E-state index in [1.54, 1.807) is 0 Å². The molecule has 25 heavy (non-hydrogen) atoms. The highest BCUT2D eigenvalue weighted by Gasteiger charge is 2.21. The van der Waals surface area contributed by atoms with E-state index in [4.69, 9.17) is 12.2 Å². The highest BCUT2D eigenvalue weighted by molar-refractivity contribution is 7.80. The van der Waals surface area contributed by atoms with Crippen molar-refractivity contribution in [2.75, 3.05) is 18.4 Å². The Kier molecular flexibility index (Phi) is 5.74. The largest absolute Gasteiger partial charge is 0.349 e. The van der Waals surface area contributed by atoms with Gasteiger partial charge in [-0.2, -0.15) is 0 Å². The van der Waals surface area contributed by atoms with Crippen molar-refractivity contribution in [3.63, 3.8) is 0 Å². The Bertz CT molecular complexity index is 708. The third-order valence-corrected chi connectivity index (χ3v) is 5.54. The normalized spacial score (nSPS) is 15.2. The number of nitrogens with zero attached hydrogens (tertiary/aromatic N) is 1. The van der Waals surface area contributed by atoms with Gasteiger partial charge in [0.25, 0.3) is 0 Å². The fourth-order valence-corrected chi connectivity index (χ4v) is 4.14. The van der Waals surface area contributed by atoms with Crippen molar-refractivity contribution in [1.29, 1.82) is 0 Å². The van der Waals surface area contributed by atoms with E-state index in [1.165, 1.54) is 47.2 Å². The van der Waals surface area contributed by atoms with Crippen LogP contribution < -0.4 is 5.32 Å². The van der Waals surface area contributed by atoms with Gasteiger partial charge in [0.2, 0.25) is 0 Å². The maximum Gasteiger partial charge on any atom is 0.173 e. The van der Waals surface area contributed by atoms with Gasteiger partial charge < -0.3 is 10.2 Å². The molecule has 3 heteroatoms. The third-order valence-electron chi connectivity index (χ3n) is 5.18. The summed E-state index contributed by atoms with van der Waals surface area (Å²) in [5, 5.41) is 4.37. The molecule has 1 fully saturated rings. The molecule has 0 unspecified atom stereocenters. The Balaban J connectivity index is 1.55. The van der Waals surface area contributed by atoms with Gasteiger partial charge in [-0.1, -0.05) is 48.0 Å². The molecule has 2 aromatic carbocycles. The topological polar surface area (TPSA) is 15.3 Å². The molecule has 0 bridgehead atoms. The number of likely N-dealkylation sites (tertiary alicyclic amines) is 1. The SMILES string of the molecule is Cc1cc(C)c(NC(=S)N2CCC(Cc3ccccc3)CC2)c(C)c1. The van der Waals surface area contributed by atoms with Crippen LogP contribution in [0.2, 0.25) is 0 Å². The van der Waals surface area contributed by atoms with Crippen molar-refractivity contribution in [3.05, 3.63) is 64.7 Å². The van der Waals surface area contributed by atoms with Gasteiger partial charge in [-0.05, 0) is 74.9 Å². The summed E-state index contributed by atoms with van der Waals surface area (Å²) in [5.41, 5.74) is 6.44. The number of anilines is 1. The molecule has 0 spiro atoms. The van der Waals surface area contributed by atoms with E-state index in [-0.39, 0.29) is 0 Å². The van der Waals surface area contributed by atoms with Crippen molar-refractivity contribution in [2.24, 2.45) is 5.92 Å². The molecule has 132 valence electrons. The van der Waals surface area contributed by atoms with Gasteiger partial charge in [-0.3, -0.25) is 0 Å². The number of nitrogens with one attached hydrogen (secondary N) is 1. The second-order valence-corrected chi connectivity index (χ2v) is 7.71. The molecular formula is C22H28N2S. The van der Waals surface area contributed by atoms with Crippen LogP contribution in [0.15, 0.2) is 42.5 Å². The zero-order valence-corrected chi connectivity index (χ0v) is 16.3. The Labute approximate surface area is 157 Å². The Morgan fingerprint density at radius 3 is 2.24 bits per heavy atom. The van der Waals surface area contributed by atoms with E-state index in [0.717, 1.165) is 24.1 Å². The minimum absolute atomic E-state index is 0.768. The molecule has 3 rings (SSSR count). The van der Waals surface area contributed by atoms with Crippen molar-refractivity contribution >= 4 is 23.0 Å². The predicted octanol–water partition coefficient (Wildman–Crippen LogP) is 5.26. The number of hydrogen-bond acceptors (Lipinski definition) is 1. The van der Waals surface area contributed by atoms with Crippen molar-refractivity contribution < 1.29 is 0 Å². The molecule has 0 atom stereocenters. The standard InChI is InChI=1S/C22H28N2S/c1-16-13-17(2)21(18(3)14-16)23-22(25)24-11-9-20(10-12-24)15-19-7-5-4-6-8-19/h4-8,13-14,20H,9-12,15H2,1-3H3,(H,23,25). The molecule has 1 N–H and O–H groups in total. The van der Waals surface area contributed by atoms with Gasteiger partial charge in [0, 0.05) is 18.8 Å². The zero-order valence-electron chi connectivity index (χ0n) is 15.5. The summed E-state index contributed by atoms with van der Waals surface area (Å²) in [6.45, 7) is 8.54. The summed E-state index contributed by atoms with van der Waals surface area (Å²) in [7, 11) is 0. The van der Waals surface area contributed by atoms with Crippen LogP contribution in [0.3, 0.4) is 0 Å². The Morgan fingerprint density at radius 2 is 1.64 bits per heavy atom. The van der Waals surface area contributed by atoms with Gasteiger partial charge in [0.1, 0.15) is 0 Å². The van der Waals surface area contributed by atoms with Gasteiger partial charge in [-0.25, -0.2) is 0 Å². The highest BCUT2D eigenvalue weighted by atomic mass is 32.1. The average Bonchev–Trinajstić information content (AvgIpc) is 2.59. The van der Waals surface area contributed by atoms with Crippen LogP contribution in [-0.4, -0.2) is 23.1 Å². The van der Waals surface area contributed by atoms with E-state index in [9.17, 15) is 0 Å². The lowest BCUT2D eigenvalue weighted by Crippen LogP contribution is -2.41. The Morgan fingerprint density at radius 1 is 1.04 bits per heavy atom. The molecule has 0 aromatic heterocycles. The lowest BCUT2D eigenvalue weighted by atomic mass is 9.90. The summed E-state index contributed by atoms with van der Waals surface area (Å²) in [5.74, 6) is 0.768. The summed E-state index contributed by atoms with van der Waals surface area (Å²) in [6.07, 6.45) is 3.61. The summed E-state index contributed by atoms with van der Waals surface area (Å²) >= 11 is 5.69. The van der Waals surface area contributed by atoms with Crippen LogP contribution in [0.25, 0.3) is 0 Å². The number of rotatable bonds is 3. The van der Waals surface area contributed by atoms with E-state index in [0.29, 0.717) is 0 Å². The molecule has 0 saturated carbocycles. The van der Waals surface area contributed by atoms with Crippen molar-refractivity contribution in [3.8, 4) is 0 Å². The minimum Gasteiger partial charge on any atom is -0.349 e. The van der Waals surface area contributed by atoms with Crippen LogP contribution in [0.5, 0.6) is 0 Å². The molecule has 1 aliphatic heterocycles. The summed E-state index contributed by atoms with van der Waals surface area (Å²) < 4.78 is 0. The van der Waals surface area contributed by atoms with Crippen molar-refractivity contribution in [1.82, 2.24) is 4.90 Å². The third kappa shape index (κ3) is 4.60. The molecule has 0 amide bonds. The summed E-state index contributed by atoms with van der Waals surface area (Å²) in [6, 6.07) is 15.3.